The highest BCUT2D eigenvalue weighted by molar-refractivity contribution is 7.20. The first-order chi connectivity index (χ1) is 13.0. The lowest BCUT2D eigenvalue weighted by molar-refractivity contribution is 0.0692. The smallest absolute Gasteiger partial charge is 0.412 e. The highest BCUT2D eigenvalue weighted by Crippen LogP contribution is 2.44. The van der Waals surface area contributed by atoms with Gasteiger partial charge in [-0.1, -0.05) is 71.5 Å². The number of carboxylic acid groups (broad SMARTS) is 1. The van der Waals surface area contributed by atoms with Gasteiger partial charge < -0.3 is 9.84 Å². The van der Waals surface area contributed by atoms with E-state index in [4.69, 9.17) is 21.4 Å². The van der Waals surface area contributed by atoms with E-state index < -0.39 is 12.1 Å². The second-order valence-corrected chi connectivity index (χ2v) is 7.48. The molecule has 1 aromatic heterocycles. The van der Waals surface area contributed by atoms with E-state index in [0.717, 1.165) is 33.6 Å². The van der Waals surface area contributed by atoms with Crippen molar-refractivity contribution in [1.82, 2.24) is 4.98 Å². The molecule has 1 amide bonds. The molecule has 3 aromatic rings. The van der Waals surface area contributed by atoms with Crippen LogP contribution in [0.3, 0.4) is 0 Å². The first-order valence-corrected chi connectivity index (χ1v) is 9.25. The molecule has 2 N–H and O–H groups in total. The standard InChI is InChI=1S/C19H13ClN2O4S/c20-18-21-15(17(23)24)16(27-18)22-19(25)26-9-14-12-7-3-1-5-10(12)11-6-2-4-8-13(11)14/h1-8,14H,9H2,(H,22,25)(H,23,24). The molecule has 1 aliphatic rings. The monoisotopic (exact) mass is 400 g/mol. The summed E-state index contributed by atoms with van der Waals surface area (Å²) in [5.74, 6) is -1.35. The number of benzene rings is 2. The maximum atomic E-state index is 12.2. The lowest BCUT2D eigenvalue weighted by Gasteiger charge is -2.14. The van der Waals surface area contributed by atoms with Crippen LogP contribution in [0.2, 0.25) is 4.47 Å². The Labute approximate surface area is 163 Å². The Hall–Kier alpha value is -2.90. The lowest BCUT2D eigenvalue weighted by Crippen LogP contribution is -2.18. The number of carboxylic acids is 1. The molecule has 0 saturated carbocycles. The zero-order chi connectivity index (χ0) is 19.0. The Morgan fingerprint density at radius 2 is 1.70 bits per heavy atom. The van der Waals surface area contributed by atoms with Gasteiger partial charge in [0, 0.05) is 5.92 Å². The number of carbonyl (C=O) groups excluding carboxylic acids is 1. The Kier molecular flexibility index (Phi) is 4.55. The van der Waals surface area contributed by atoms with Gasteiger partial charge in [-0.3, -0.25) is 5.32 Å². The number of aromatic carboxylic acids is 1. The summed E-state index contributed by atoms with van der Waals surface area (Å²) in [6, 6.07) is 16.0. The van der Waals surface area contributed by atoms with Crippen LogP contribution in [0.15, 0.2) is 48.5 Å². The summed E-state index contributed by atoms with van der Waals surface area (Å²) >= 11 is 6.61. The topological polar surface area (TPSA) is 88.5 Å². The average molecular weight is 401 g/mol. The van der Waals surface area contributed by atoms with E-state index in [9.17, 15) is 9.59 Å². The summed E-state index contributed by atoms with van der Waals surface area (Å²) in [4.78, 5) is 27.0. The Bertz CT molecular complexity index is 1000. The van der Waals surface area contributed by atoms with Crippen molar-refractivity contribution in [2.24, 2.45) is 0 Å². The molecule has 0 unspecified atom stereocenters. The molecule has 0 spiro atoms. The number of fused-ring (bicyclic) bond motifs is 3. The quantitative estimate of drug-likeness (QED) is 0.653. The van der Waals surface area contributed by atoms with E-state index in [1.54, 1.807) is 0 Å². The number of nitrogens with one attached hydrogen (secondary N) is 1. The number of thiazole rings is 1. The summed E-state index contributed by atoms with van der Waals surface area (Å²) in [5.41, 5.74) is 4.14. The van der Waals surface area contributed by atoms with Crippen molar-refractivity contribution >= 4 is 40.0 Å². The zero-order valence-electron chi connectivity index (χ0n) is 13.8. The van der Waals surface area contributed by atoms with E-state index >= 15 is 0 Å². The van der Waals surface area contributed by atoms with Crippen molar-refractivity contribution in [2.45, 2.75) is 5.92 Å². The first-order valence-electron chi connectivity index (χ1n) is 8.06. The number of halogens is 1. The van der Waals surface area contributed by atoms with Crippen LogP contribution < -0.4 is 5.32 Å². The van der Waals surface area contributed by atoms with Crippen LogP contribution >= 0.6 is 22.9 Å². The molecule has 0 bridgehead atoms. The second kappa shape index (κ2) is 7.02. The van der Waals surface area contributed by atoms with Crippen LogP contribution in [-0.2, 0) is 4.74 Å². The van der Waals surface area contributed by atoms with Crippen LogP contribution in [0.4, 0.5) is 9.80 Å². The van der Waals surface area contributed by atoms with Crippen LogP contribution in [0.5, 0.6) is 0 Å². The van der Waals surface area contributed by atoms with Crippen molar-refractivity contribution in [1.29, 1.82) is 0 Å². The average Bonchev–Trinajstić information content (AvgIpc) is 3.18. The van der Waals surface area contributed by atoms with Gasteiger partial charge in [0.25, 0.3) is 0 Å². The number of anilines is 1. The van der Waals surface area contributed by atoms with E-state index in [2.05, 4.69) is 10.3 Å². The van der Waals surface area contributed by atoms with Crippen molar-refractivity contribution in [3.05, 3.63) is 69.8 Å². The molecule has 0 atom stereocenters. The van der Waals surface area contributed by atoms with Gasteiger partial charge in [-0.05, 0) is 22.3 Å². The Morgan fingerprint density at radius 3 is 2.30 bits per heavy atom. The number of ether oxygens (including phenoxy) is 1. The van der Waals surface area contributed by atoms with E-state index in [1.807, 2.05) is 48.5 Å². The van der Waals surface area contributed by atoms with Gasteiger partial charge in [0.15, 0.2) is 10.2 Å². The molecule has 0 radical (unpaired) electrons. The molecule has 0 fully saturated rings. The number of nitrogens with zero attached hydrogens (tertiary/aromatic N) is 1. The lowest BCUT2D eigenvalue weighted by atomic mass is 9.98. The van der Waals surface area contributed by atoms with Gasteiger partial charge in [0.05, 0.1) is 0 Å². The summed E-state index contributed by atoms with van der Waals surface area (Å²) in [5, 5.41) is 11.6. The molecule has 6 nitrogen and oxygen atoms in total. The highest BCUT2D eigenvalue weighted by Gasteiger charge is 2.29. The first kappa shape index (κ1) is 17.5. The summed E-state index contributed by atoms with van der Waals surface area (Å²) < 4.78 is 5.41. The predicted octanol–water partition coefficient (Wildman–Crippen LogP) is 4.86. The fourth-order valence-corrected chi connectivity index (χ4v) is 4.24. The minimum absolute atomic E-state index is 0.0290. The summed E-state index contributed by atoms with van der Waals surface area (Å²) in [6.45, 7) is 0.134. The molecule has 136 valence electrons. The van der Waals surface area contributed by atoms with Gasteiger partial charge in [0.1, 0.15) is 11.6 Å². The number of rotatable bonds is 4. The fraction of sp³-hybridized carbons (Fsp3) is 0.105. The third-order valence-corrected chi connectivity index (χ3v) is 5.44. The maximum absolute atomic E-state index is 12.2. The van der Waals surface area contributed by atoms with Crippen LogP contribution in [0.25, 0.3) is 11.1 Å². The Morgan fingerprint density at radius 1 is 1.11 bits per heavy atom. The third-order valence-electron chi connectivity index (χ3n) is 4.36. The summed E-state index contributed by atoms with van der Waals surface area (Å²) in [6.07, 6.45) is -0.750. The van der Waals surface area contributed by atoms with Crippen LogP contribution in [0.1, 0.15) is 27.5 Å². The van der Waals surface area contributed by atoms with Gasteiger partial charge in [-0.15, -0.1) is 0 Å². The number of carbonyl (C=O) groups is 2. The van der Waals surface area contributed by atoms with Gasteiger partial charge in [0.2, 0.25) is 0 Å². The van der Waals surface area contributed by atoms with Crippen LogP contribution in [0, 0.1) is 0 Å². The fourth-order valence-electron chi connectivity index (χ4n) is 3.25. The van der Waals surface area contributed by atoms with E-state index in [0.29, 0.717) is 0 Å². The molecule has 8 heteroatoms. The molecule has 2 aromatic carbocycles. The van der Waals surface area contributed by atoms with Gasteiger partial charge in [-0.2, -0.15) is 0 Å². The van der Waals surface area contributed by atoms with Crippen LogP contribution in [-0.4, -0.2) is 28.8 Å². The molecule has 0 aliphatic heterocycles. The summed E-state index contributed by atoms with van der Waals surface area (Å²) in [7, 11) is 0. The minimum Gasteiger partial charge on any atom is -0.476 e. The van der Waals surface area contributed by atoms with Gasteiger partial charge >= 0.3 is 12.1 Å². The molecule has 1 aliphatic carbocycles. The van der Waals surface area contributed by atoms with Crippen molar-refractivity contribution < 1.29 is 19.4 Å². The van der Waals surface area contributed by atoms with E-state index in [-0.39, 0.29) is 27.7 Å². The number of hydrogen-bond acceptors (Lipinski definition) is 5. The highest BCUT2D eigenvalue weighted by atomic mass is 35.5. The second-order valence-electron chi connectivity index (χ2n) is 5.90. The predicted molar refractivity (Wildman–Crippen MR) is 103 cm³/mol. The maximum Gasteiger partial charge on any atom is 0.412 e. The van der Waals surface area contributed by atoms with Gasteiger partial charge in [-0.25, -0.2) is 14.6 Å². The third kappa shape index (κ3) is 3.27. The number of aromatic nitrogens is 1. The van der Waals surface area contributed by atoms with E-state index in [1.165, 1.54) is 0 Å². The minimum atomic E-state index is -1.27. The van der Waals surface area contributed by atoms with Crippen molar-refractivity contribution in [3.8, 4) is 11.1 Å². The number of amides is 1. The SMILES string of the molecule is O=C(Nc1sc(Cl)nc1C(=O)O)OCC1c2ccccc2-c2ccccc21. The molecular weight excluding hydrogens is 388 g/mol. The molecule has 0 saturated heterocycles. The molecule has 27 heavy (non-hydrogen) atoms. The molecular formula is C19H13ClN2O4S. The molecule has 1 heterocycles. The normalized spacial score (nSPS) is 12.3. The number of hydrogen-bond donors (Lipinski definition) is 2. The molecule has 4 rings (SSSR count). The van der Waals surface area contributed by atoms with Crippen molar-refractivity contribution in [2.75, 3.05) is 11.9 Å². The Balaban J connectivity index is 1.51. The zero-order valence-corrected chi connectivity index (χ0v) is 15.4. The largest absolute Gasteiger partial charge is 0.476 e. The van der Waals surface area contributed by atoms with Crippen molar-refractivity contribution in [3.63, 3.8) is 0 Å².